The van der Waals surface area contributed by atoms with Crippen molar-refractivity contribution >= 4 is 33.3 Å². The van der Waals surface area contributed by atoms with Crippen molar-refractivity contribution in [1.29, 1.82) is 5.41 Å². The summed E-state index contributed by atoms with van der Waals surface area (Å²) in [6.07, 6.45) is -2.11. The van der Waals surface area contributed by atoms with E-state index in [4.69, 9.17) is 14.6 Å². The van der Waals surface area contributed by atoms with Gasteiger partial charge < -0.3 is 19.2 Å². The average Bonchev–Trinajstić information content (AvgIpc) is 3.15. The Morgan fingerprint density at radius 3 is 2.59 bits per heavy atom. The van der Waals surface area contributed by atoms with Gasteiger partial charge in [0.05, 0.1) is 6.61 Å². The van der Waals surface area contributed by atoms with Crippen LogP contribution in [0.15, 0.2) is 63.6 Å². The van der Waals surface area contributed by atoms with E-state index in [9.17, 15) is 18.0 Å². The first-order valence-corrected chi connectivity index (χ1v) is 10.7. The largest absolute Gasteiger partial charge is 0.573 e. The molecule has 2 aromatic carbocycles. The zero-order chi connectivity index (χ0) is 24.9. The summed E-state index contributed by atoms with van der Waals surface area (Å²) in [4.78, 5) is 16.0. The highest BCUT2D eigenvalue weighted by Crippen LogP contribution is 2.39. The molecule has 1 aromatic heterocycles. The summed E-state index contributed by atoms with van der Waals surface area (Å²) in [5.74, 6) is -0.370. The summed E-state index contributed by atoms with van der Waals surface area (Å²) in [5.41, 5.74) is 1.77. The van der Waals surface area contributed by atoms with E-state index in [1.165, 1.54) is 36.5 Å². The molecule has 0 spiro atoms. The molecule has 0 fully saturated rings. The zero-order valence-corrected chi connectivity index (χ0v) is 19.6. The van der Waals surface area contributed by atoms with E-state index in [0.717, 1.165) is 4.47 Å². The average molecular weight is 538 g/mol. The number of nitrogens with one attached hydrogen (secondary N) is 2. The fraction of sp³-hybridized carbons (Fsp3) is 0.174. The Morgan fingerprint density at radius 2 is 1.94 bits per heavy atom. The number of hydrogen-bond donors (Lipinski definition) is 2. The number of carbonyl (C=O) groups excluding carboxylic acids is 1. The van der Waals surface area contributed by atoms with Crippen LogP contribution in [0.2, 0.25) is 0 Å². The summed E-state index contributed by atoms with van der Waals surface area (Å²) >= 11 is 3.42. The highest BCUT2D eigenvalue weighted by atomic mass is 79.9. The van der Waals surface area contributed by atoms with Gasteiger partial charge in [-0.25, -0.2) is 9.78 Å². The normalized spacial score (nSPS) is 11.5. The maximum atomic E-state index is 12.5. The van der Waals surface area contributed by atoms with Crippen LogP contribution >= 0.6 is 15.9 Å². The highest BCUT2D eigenvalue weighted by Gasteiger charge is 2.31. The molecule has 0 atom stereocenters. The van der Waals surface area contributed by atoms with Gasteiger partial charge in [-0.15, -0.1) is 13.2 Å². The molecular formula is C23H19BrF3N3O4. The summed E-state index contributed by atoms with van der Waals surface area (Å²) in [6, 6.07) is 10.6. The molecule has 0 bridgehead atoms. The van der Waals surface area contributed by atoms with Crippen molar-refractivity contribution in [3.63, 3.8) is 0 Å². The predicted molar refractivity (Wildman–Crippen MR) is 124 cm³/mol. The first-order chi connectivity index (χ1) is 16.1. The molecule has 34 heavy (non-hydrogen) atoms. The number of carbonyl (C=O) groups is 1. The van der Waals surface area contributed by atoms with Crippen molar-refractivity contribution in [1.82, 2.24) is 4.98 Å². The molecule has 0 radical (unpaired) electrons. The lowest BCUT2D eigenvalue weighted by Crippen LogP contribution is -2.16. The van der Waals surface area contributed by atoms with Gasteiger partial charge >= 0.3 is 12.3 Å². The Bertz CT molecular complexity index is 1220. The van der Waals surface area contributed by atoms with E-state index in [1.54, 1.807) is 32.0 Å². The number of hydrogen-bond acceptors (Lipinski definition) is 7. The summed E-state index contributed by atoms with van der Waals surface area (Å²) < 4.78 is 52.7. The van der Waals surface area contributed by atoms with Gasteiger partial charge in [0.2, 0.25) is 0 Å². The fourth-order valence-electron chi connectivity index (χ4n) is 2.94. The SMILES string of the molecule is CCOC(=O)C(=N)/C=C\Nc1ccc(Br)cc1-c1oc(C)nc1-c1ccc(OC(F)(F)F)cc1. The Kier molecular flexibility index (Phi) is 7.77. The number of esters is 1. The van der Waals surface area contributed by atoms with Crippen molar-refractivity contribution in [3.05, 3.63) is 65.1 Å². The Morgan fingerprint density at radius 1 is 1.24 bits per heavy atom. The zero-order valence-electron chi connectivity index (χ0n) is 18.0. The number of aryl methyl sites for hydroxylation is 1. The third-order valence-corrected chi connectivity index (χ3v) is 4.80. The number of rotatable bonds is 8. The van der Waals surface area contributed by atoms with E-state index < -0.39 is 12.3 Å². The van der Waals surface area contributed by atoms with Gasteiger partial charge in [-0.2, -0.15) is 0 Å². The van der Waals surface area contributed by atoms with E-state index in [2.05, 4.69) is 31.0 Å². The van der Waals surface area contributed by atoms with Crippen LogP contribution in [0.3, 0.4) is 0 Å². The standard InChI is InChI=1S/C23H19BrF3N3O4/c1-3-32-22(31)18(28)10-11-29-19-9-6-15(24)12-17(19)21-20(30-13(2)33-21)14-4-7-16(8-5-14)34-23(25,26)27/h4-12,28-29H,3H2,1-2H3/b11-10-,28-18?. The van der Waals surface area contributed by atoms with Gasteiger partial charge in [-0.05, 0) is 55.5 Å². The van der Waals surface area contributed by atoms with Crippen molar-refractivity contribution in [2.75, 3.05) is 11.9 Å². The van der Waals surface area contributed by atoms with E-state index in [-0.39, 0.29) is 18.1 Å². The second-order valence-electron chi connectivity index (χ2n) is 6.78. The molecule has 0 aliphatic heterocycles. The third kappa shape index (κ3) is 6.47. The number of oxazole rings is 1. The molecule has 0 aliphatic rings. The number of anilines is 1. The lowest BCUT2D eigenvalue weighted by atomic mass is 10.0. The van der Waals surface area contributed by atoms with Gasteiger partial charge in [-0.3, -0.25) is 5.41 Å². The van der Waals surface area contributed by atoms with Crippen LogP contribution in [0.25, 0.3) is 22.6 Å². The minimum Gasteiger partial charge on any atom is -0.461 e. The van der Waals surface area contributed by atoms with Crippen molar-refractivity contribution in [2.45, 2.75) is 20.2 Å². The highest BCUT2D eigenvalue weighted by molar-refractivity contribution is 9.10. The molecule has 3 aromatic rings. The van der Waals surface area contributed by atoms with Crippen LogP contribution in [0, 0.1) is 12.3 Å². The summed E-state index contributed by atoms with van der Waals surface area (Å²) in [6.45, 7) is 3.46. The predicted octanol–water partition coefficient (Wildman–Crippen LogP) is 6.49. The lowest BCUT2D eigenvalue weighted by Gasteiger charge is -2.11. The lowest BCUT2D eigenvalue weighted by molar-refractivity contribution is -0.274. The number of nitrogens with zero attached hydrogens (tertiary/aromatic N) is 1. The number of halogens is 4. The maximum absolute atomic E-state index is 12.5. The van der Waals surface area contributed by atoms with Crippen LogP contribution in [0.4, 0.5) is 18.9 Å². The Hall–Kier alpha value is -3.60. The van der Waals surface area contributed by atoms with Crippen LogP contribution in [-0.4, -0.2) is 29.6 Å². The minimum absolute atomic E-state index is 0.163. The molecule has 0 unspecified atom stereocenters. The molecule has 0 aliphatic carbocycles. The second-order valence-corrected chi connectivity index (χ2v) is 7.70. The molecule has 0 amide bonds. The van der Waals surface area contributed by atoms with Crippen LogP contribution in [0.1, 0.15) is 12.8 Å². The van der Waals surface area contributed by atoms with Gasteiger partial charge in [0.25, 0.3) is 0 Å². The molecule has 11 heteroatoms. The molecule has 0 saturated heterocycles. The van der Waals surface area contributed by atoms with E-state index in [0.29, 0.717) is 34.2 Å². The summed E-state index contributed by atoms with van der Waals surface area (Å²) in [5, 5.41) is 10.7. The van der Waals surface area contributed by atoms with E-state index >= 15 is 0 Å². The van der Waals surface area contributed by atoms with E-state index in [1.807, 2.05) is 0 Å². The number of benzene rings is 2. The molecule has 178 valence electrons. The van der Waals surface area contributed by atoms with Gasteiger partial charge in [0.1, 0.15) is 17.2 Å². The molecular weight excluding hydrogens is 519 g/mol. The van der Waals surface area contributed by atoms with Crippen LogP contribution < -0.4 is 10.1 Å². The monoisotopic (exact) mass is 537 g/mol. The van der Waals surface area contributed by atoms with Gasteiger partial charge in [0.15, 0.2) is 11.7 Å². The van der Waals surface area contributed by atoms with Gasteiger partial charge in [0, 0.05) is 34.4 Å². The smallest absolute Gasteiger partial charge is 0.461 e. The maximum Gasteiger partial charge on any atom is 0.573 e. The van der Waals surface area contributed by atoms with Crippen molar-refractivity contribution < 1.29 is 31.9 Å². The third-order valence-electron chi connectivity index (χ3n) is 4.31. The number of aromatic nitrogens is 1. The van der Waals surface area contributed by atoms with Crippen LogP contribution in [0.5, 0.6) is 5.75 Å². The molecule has 3 rings (SSSR count). The topological polar surface area (TPSA) is 97.4 Å². The van der Waals surface area contributed by atoms with Crippen molar-refractivity contribution in [3.8, 4) is 28.3 Å². The number of ether oxygens (including phenoxy) is 2. The fourth-order valence-corrected chi connectivity index (χ4v) is 3.30. The number of alkyl halides is 3. The van der Waals surface area contributed by atoms with Gasteiger partial charge in [-0.1, -0.05) is 15.9 Å². The van der Waals surface area contributed by atoms with Crippen LogP contribution in [-0.2, 0) is 9.53 Å². The minimum atomic E-state index is -4.79. The molecule has 0 saturated carbocycles. The first kappa shape index (κ1) is 25.0. The Balaban J connectivity index is 1.93. The summed E-state index contributed by atoms with van der Waals surface area (Å²) in [7, 11) is 0. The Labute approximate surface area is 201 Å². The molecule has 7 nitrogen and oxygen atoms in total. The molecule has 1 heterocycles. The quantitative estimate of drug-likeness (QED) is 0.252. The van der Waals surface area contributed by atoms with Crippen molar-refractivity contribution in [2.24, 2.45) is 0 Å². The first-order valence-electron chi connectivity index (χ1n) is 9.89. The second kappa shape index (κ2) is 10.6. The molecule has 2 N–H and O–H groups in total.